The zero-order valence-electron chi connectivity index (χ0n) is 10.7. The van der Waals surface area contributed by atoms with Crippen LogP contribution in [0.15, 0.2) is 21.8 Å². The molecule has 2 rings (SSSR count). The molecule has 0 saturated heterocycles. The van der Waals surface area contributed by atoms with E-state index >= 15 is 0 Å². The maximum absolute atomic E-state index is 13.5. The highest BCUT2D eigenvalue weighted by atomic mass is 79.9. The fourth-order valence-corrected chi connectivity index (χ4v) is 2.86. The van der Waals surface area contributed by atoms with Crippen LogP contribution in [0.4, 0.5) is 4.39 Å². The number of rotatable bonds is 6. The van der Waals surface area contributed by atoms with Crippen LogP contribution in [-0.2, 0) is 16.1 Å². The first-order valence-electron chi connectivity index (χ1n) is 5.86. The minimum Gasteiger partial charge on any atom is -0.481 e. The van der Waals surface area contributed by atoms with E-state index in [-0.39, 0.29) is 23.2 Å². The van der Waals surface area contributed by atoms with Gasteiger partial charge in [-0.1, -0.05) is 11.8 Å². The number of fused-ring (bicyclic) bond motifs is 1. The number of aryl methyl sites for hydroxylation is 1. The molecule has 0 radical (unpaired) electrons. The van der Waals surface area contributed by atoms with E-state index < -0.39 is 17.7 Å². The van der Waals surface area contributed by atoms with Gasteiger partial charge >= 0.3 is 5.97 Å². The van der Waals surface area contributed by atoms with Crippen molar-refractivity contribution in [1.82, 2.24) is 9.55 Å². The number of imidazole rings is 1. The summed E-state index contributed by atoms with van der Waals surface area (Å²) in [6, 6.07) is 2.80. The number of amides is 1. The first-order valence-corrected chi connectivity index (χ1v) is 7.64. The molecule has 1 aromatic carbocycles. The first kappa shape index (κ1) is 15.8. The maximum atomic E-state index is 13.5. The van der Waals surface area contributed by atoms with Crippen LogP contribution >= 0.6 is 27.7 Å². The number of halogens is 2. The van der Waals surface area contributed by atoms with Crippen LogP contribution in [0.1, 0.15) is 6.42 Å². The third kappa shape index (κ3) is 3.73. The Hall–Kier alpha value is -1.61. The number of aromatic nitrogens is 2. The van der Waals surface area contributed by atoms with Crippen LogP contribution in [0.25, 0.3) is 11.0 Å². The number of hydrogen-bond acceptors (Lipinski definition) is 4. The molecule has 0 atom stereocenters. The van der Waals surface area contributed by atoms with Crippen molar-refractivity contribution in [3.8, 4) is 0 Å². The number of nitrogens with zero attached hydrogens (tertiary/aromatic N) is 2. The number of hydrogen-bond donors (Lipinski definition) is 2. The molecule has 1 aromatic heterocycles. The highest BCUT2D eigenvalue weighted by Crippen LogP contribution is 2.28. The Bertz CT molecular complexity index is 719. The van der Waals surface area contributed by atoms with Crippen molar-refractivity contribution in [2.75, 3.05) is 5.75 Å². The summed E-state index contributed by atoms with van der Waals surface area (Å²) < 4.78 is 15.5. The summed E-state index contributed by atoms with van der Waals surface area (Å²) in [5, 5.41) is 9.16. The number of primary amides is 1. The van der Waals surface area contributed by atoms with E-state index in [2.05, 4.69) is 20.9 Å². The van der Waals surface area contributed by atoms with Crippen LogP contribution in [0.2, 0.25) is 0 Å². The Morgan fingerprint density at radius 1 is 1.48 bits per heavy atom. The Balaban J connectivity index is 2.46. The van der Waals surface area contributed by atoms with Gasteiger partial charge in [0.15, 0.2) is 5.16 Å². The number of thioether (sulfide) groups is 1. The molecule has 0 saturated carbocycles. The van der Waals surface area contributed by atoms with Gasteiger partial charge in [0.25, 0.3) is 0 Å². The molecule has 3 N–H and O–H groups in total. The van der Waals surface area contributed by atoms with Gasteiger partial charge in [-0.05, 0) is 22.0 Å². The monoisotopic (exact) mass is 375 g/mol. The zero-order chi connectivity index (χ0) is 15.6. The predicted molar refractivity (Wildman–Crippen MR) is 79.6 cm³/mol. The fourth-order valence-electron chi connectivity index (χ4n) is 1.77. The summed E-state index contributed by atoms with van der Waals surface area (Å²) in [6.45, 7) is 0.256. The minimum absolute atomic E-state index is 0.0844. The third-order valence-electron chi connectivity index (χ3n) is 2.66. The molecule has 0 aliphatic carbocycles. The largest absolute Gasteiger partial charge is 0.481 e. The molecule has 0 aliphatic rings. The summed E-state index contributed by atoms with van der Waals surface area (Å²) in [7, 11) is 0. The van der Waals surface area contributed by atoms with Crippen molar-refractivity contribution in [3.63, 3.8) is 0 Å². The minimum atomic E-state index is -0.985. The number of carboxylic acid groups (broad SMARTS) is 1. The number of carbonyl (C=O) groups excluding carboxylic acids is 1. The summed E-state index contributed by atoms with van der Waals surface area (Å²) >= 11 is 4.10. The average molecular weight is 376 g/mol. The normalized spacial score (nSPS) is 11.0. The van der Waals surface area contributed by atoms with Gasteiger partial charge in [0.1, 0.15) is 5.82 Å². The standard InChI is InChI=1S/C12H11BrFN3O3S/c13-6-3-9-8(4-7(6)14)16-12(21-5-11(19)20)17(9)2-1-10(15)18/h3-4H,1-2,5H2,(H2,15,18)(H,19,20). The van der Waals surface area contributed by atoms with E-state index in [0.29, 0.717) is 16.2 Å². The van der Waals surface area contributed by atoms with Crippen molar-refractivity contribution in [1.29, 1.82) is 0 Å². The number of nitrogens with two attached hydrogens (primary N) is 1. The highest BCUT2D eigenvalue weighted by Gasteiger charge is 2.15. The summed E-state index contributed by atoms with van der Waals surface area (Å²) in [5.41, 5.74) is 6.14. The van der Waals surface area contributed by atoms with Crippen molar-refractivity contribution in [3.05, 3.63) is 22.4 Å². The quantitative estimate of drug-likeness (QED) is 0.752. The van der Waals surface area contributed by atoms with Crippen LogP contribution < -0.4 is 5.73 Å². The lowest BCUT2D eigenvalue weighted by Gasteiger charge is -2.07. The molecule has 112 valence electrons. The Morgan fingerprint density at radius 3 is 2.81 bits per heavy atom. The summed E-state index contributed by atoms with van der Waals surface area (Å²) in [5.74, 6) is -2.10. The van der Waals surface area contributed by atoms with Crippen molar-refractivity contribution in [2.24, 2.45) is 5.73 Å². The summed E-state index contributed by atoms with van der Waals surface area (Å²) in [4.78, 5) is 25.8. The molecular weight excluding hydrogens is 365 g/mol. The topological polar surface area (TPSA) is 98.2 Å². The molecule has 0 aliphatic heterocycles. The molecule has 1 heterocycles. The molecule has 6 nitrogen and oxygen atoms in total. The van der Waals surface area contributed by atoms with E-state index in [1.54, 1.807) is 10.6 Å². The molecular formula is C12H11BrFN3O3S. The number of carbonyl (C=O) groups is 2. The van der Waals surface area contributed by atoms with Gasteiger partial charge in [0.2, 0.25) is 5.91 Å². The molecule has 9 heteroatoms. The Kier molecular flexibility index (Phi) is 4.84. The van der Waals surface area contributed by atoms with Gasteiger partial charge < -0.3 is 15.4 Å². The molecule has 0 bridgehead atoms. The van der Waals surface area contributed by atoms with E-state index in [9.17, 15) is 14.0 Å². The molecule has 1 amide bonds. The smallest absolute Gasteiger partial charge is 0.313 e. The fraction of sp³-hybridized carbons (Fsp3) is 0.250. The second-order valence-corrected chi connectivity index (χ2v) is 6.00. The van der Waals surface area contributed by atoms with Crippen molar-refractivity contribution < 1.29 is 19.1 Å². The van der Waals surface area contributed by atoms with Gasteiger partial charge in [-0.2, -0.15) is 0 Å². The summed E-state index contributed by atoms with van der Waals surface area (Å²) in [6.07, 6.45) is 0.0844. The van der Waals surface area contributed by atoms with Gasteiger partial charge in [-0.3, -0.25) is 9.59 Å². The van der Waals surface area contributed by atoms with E-state index in [4.69, 9.17) is 10.8 Å². The molecule has 0 unspecified atom stereocenters. The number of aliphatic carboxylic acids is 1. The Morgan fingerprint density at radius 2 is 2.19 bits per heavy atom. The third-order valence-corrected chi connectivity index (χ3v) is 4.23. The molecule has 0 fully saturated rings. The molecule has 2 aromatic rings. The lowest BCUT2D eigenvalue weighted by Crippen LogP contribution is -2.14. The predicted octanol–water partition coefficient (Wildman–Crippen LogP) is 1.99. The highest BCUT2D eigenvalue weighted by molar-refractivity contribution is 9.10. The second kappa shape index (κ2) is 6.44. The van der Waals surface area contributed by atoms with Gasteiger partial charge in [-0.15, -0.1) is 0 Å². The van der Waals surface area contributed by atoms with E-state index in [0.717, 1.165) is 11.8 Å². The van der Waals surface area contributed by atoms with E-state index in [1.165, 1.54) is 6.07 Å². The lowest BCUT2D eigenvalue weighted by atomic mass is 10.3. The van der Waals surface area contributed by atoms with Crippen LogP contribution in [0.5, 0.6) is 0 Å². The number of carboxylic acids is 1. The van der Waals surface area contributed by atoms with Gasteiger partial charge in [-0.25, -0.2) is 9.37 Å². The SMILES string of the molecule is NC(=O)CCn1c(SCC(=O)O)nc2cc(F)c(Br)cc21. The zero-order valence-corrected chi connectivity index (χ0v) is 13.1. The molecule has 0 spiro atoms. The average Bonchev–Trinajstić information content (AvgIpc) is 2.71. The van der Waals surface area contributed by atoms with Gasteiger partial charge in [0.05, 0.1) is 21.3 Å². The van der Waals surface area contributed by atoms with Crippen molar-refractivity contribution >= 4 is 50.6 Å². The van der Waals surface area contributed by atoms with Crippen LogP contribution in [0.3, 0.4) is 0 Å². The van der Waals surface area contributed by atoms with E-state index in [1.807, 2.05) is 0 Å². The lowest BCUT2D eigenvalue weighted by molar-refractivity contribution is -0.134. The van der Waals surface area contributed by atoms with Gasteiger partial charge in [0, 0.05) is 19.0 Å². The second-order valence-electron chi connectivity index (χ2n) is 4.20. The van der Waals surface area contributed by atoms with Crippen molar-refractivity contribution in [2.45, 2.75) is 18.1 Å². The molecule has 21 heavy (non-hydrogen) atoms. The first-order chi connectivity index (χ1) is 9.88. The maximum Gasteiger partial charge on any atom is 0.313 e. The number of benzene rings is 1. The van der Waals surface area contributed by atoms with Crippen LogP contribution in [-0.4, -0.2) is 32.3 Å². The van der Waals surface area contributed by atoms with Crippen LogP contribution in [0, 0.1) is 5.82 Å². The Labute approximate surface area is 131 Å².